The second-order valence-electron chi connectivity index (χ2n) is 7.56. The van der Waals surface area contributed by atoms with Crippen LogP contribution >= 0.6 is 0 Å². The highest BCUT2D eigenvalue weighted by Gasteiger charge is 2.15. The van der Waals surface area contributed by atoms with Crippen molar-refractivity contribution in [3.63, 3.8) is 0 Å². The molecule has 2 aromatic carbocycles. The van der Waals surface area contributed by atoms with Crippen LogP contribution in [0.15, 0.2) is 70.9 Å². The fourth-order valence-electron chi connectivity index (χ4n) is 3.21. The van der Waals surface area contributed by atoms with E-state index in [1.807, 2.05) is 31.2 Å². The van der Waals surface area contributed by atoms with Crippen molar-refractivity contribution in [2.75, 3.05) is 43.4 Å². The number of amides is 2. The fraction of sp³-hybridized carbons (Fsp3) is 0.240. The maximum Gasteiger partial charge on any atom is 0.416 e. The third-order valence-corrected chi connectivity index (χ3v) is 5.04. The number of nitrogens with one attached hydrogen (secondary N) is 2. The minimum atomic E-state index is -0.546. The number of rotatable bonds is 10. The Morgan fingerprint density at radius 2 is 1.75 bits per heavy atom. The van der Waals surface area contributed by atoms with Crippen LogP contribution in [0.3, 0.4) is 0 Å². The molecule has 0 aliphatic rings. The predicted octanol–water partition coefficient (Wildman–Crippen LogP) is 4.41. The Kier molecular flexibility index (Phi) is 9.29. The number of nitrogens with two attached hydrogens (primary N) is 1. The van der Waals surface area contributed by atoms with E-state index < -0.39 is 6.09 Å². The molecule has 2 amide bonds. The van der Waals surface area contributed by atoms with Crippen molar-refractivity contribution in [2.24, 2.45) is 10.2 Å². The van der Waals surface area contributed by atoms with Crippen molar-refractivity contribution < 1.29 is 19.1 Å². The molecule has 0 atom stereocenters. The third kappa shape index (κ3) is 7.00. The average Bonchev–Trinajstić information content (AvgIpc) is 2.88. The Balaban J connectivity index is 1.62. The molecule has 11 nitrogen and oxygen atoms in total. The first-order chi connectivity index (χ1) is 17.4. The number of nitrogens with zero attached hydrogens (tertiary/aromatic N) is 4. The maximum atomic E-state index is 12.5. The highest BCUT2D eigenvalue weighted by molar-refractivity contribution is 5.91. The molecule has 1 heterocycles. The monoisotopic (exact) mass is 491 g/mol. The van der Waals surface area contributed by atoms with E-state index >= 15 is 0 Å². The summed E-state index contributed by atoms with van der Waals surface area (Å²) in [5.74, 6) is 0.534. The van der Waals surface area contributed by atoms with Gasteiger partial charge in [-0.3, -0.25) is 9.69 Å². The van der Waals surface area contributed by atoms with Gasteiger partial charge in [0.15, 0.2) is 11.6 Å². The van der Waals surface area contributed by atoms with Crippen molar-refractivity contribution >= 4 is 40.7 Å². The van der Waals surface area contributed by atoms with Crippen LogP contribution in [-0.4, -0.2) is 44.4 Å². The van der Waals surface area contributed by atoms with Gasteiger partial charge in [0.25, 0.3) is 0 Å². The summed E-state index contributed by atoms with van der Waals surface area (Å²) in [5, 5.41) is 13.7. The normalized spacial score (nSPS) is 10.8. The third-order valence-electron chi connectivity index (χ3n) is 5.04. The van der Waals surface area contributed by atoms with Gasteiger partial charge in [-0.15, -0.1) is 10.2 Å². The Hall–Kier alpha value is -4.51. The van der Waals surface area contributed by atoms with Gasteiger partial charge < -0.3 is 25.8 Å². The quantitative estimate of drug-likeness (QED) is 0.281. The molecular weight excluding hydrogens is 462 g/mol. The molecule has 4 N–H and O–H groups in total. The molecule has 0 bridgehead atoms. The number of aryl methyl sites for hydroxylation is 1. The number of aromatic nitrogens is 1. The largest absolute Gasteiger partial charge is 0.455 e. The second-order valence-corrected chi connectivity index (χ2v) is 7.56. The zero-order valence-electron chi connectivity index (χ0n) is 20.4. The Morgan fingerprint density at radius 1 is 1.03 bits per heavy atom. The molecule has 0 saturated carbocycles. The summed E-state index contributed by atoms with van der Waals surface area (Å²) in [5.41, 5.74) is 8.49. The van der Waals surface area contributed by atoms with E-state index in [1.165, 1.54) is 4.90 Å². The number of para-hydroxylation sites is 2. The molecule has 3 rings (SSSR count). The van der Waals surface area contributed by atoms with E-state index in [-0.39, 0.29) is 25.1 Å². The molecule has 3 aromatic rings. The van der Waals surface area contributed by atoms with Crippen molar-refractivity contribution in [2.45, 2.75) is 13.3 Å². The molecule has 0 spiro atoms. The summed E-state index contributed by atoms with van der Waals surface area (Å²) >= 11 is 0. The lowest BCUT2D eigenvalue weighted by atomic mass is 10.1. The molecule has 0 aliphatic heterocycles. The van der Waals surface area contributed by atoms with Crippen molar-refractivity contribution in [1.29, 1.82) is 0 Å². The number of likely N-dealkylation sites (N-methyl/N-ethyl adjacent to an activating group) is 1. The van der Waals surface area contributed by atoms with E-state index in [1.54, 1.807) is 50.5 Å². The van der Waals surface area contributed by atoms with Crippen LogP contribution in [0.5, 0.6) is 5.75 Å². The molecule has 36 heavy (non-hydrogen) atoms. The van der Waals surface area contributed by atoms with Gasteiger partial charge in [-0.05, 0) is 49.4 Å². The molecule has 11 heteroatoms. The van der Waals surface area contributed by atoms with Gasteiger partial charge in [0, 0.05) is 12.7 Å². The standard InChI is InChI=1S/C25H29N7O4/c1-4-17-9-5-7-11-20(17)32(3)25(34)36-16-35-21-12-8-6-10-18(21)30-31-19-13-14-22(29-24(19)26)28-23(33)15-27-2/h5-14,27H,4,15-16H2,1-3H3,(H3,26,28,29,33)/b31-30+. The van der Waals surface area contributed by atoms with Gasteiger partial charge in [-0.2, -0.15) is 0 Å². The fourth-order valence-corrected chi connectivity index (χ4v) is 3.21. The molecular formula is C25H29N7O4. The number of ether oxygens (including phenoxy) is 2. The number of pyridine rings is 1. The summed E-state index contributed by atoms with van der Waals surface area (Å²) in [4.78, 5) is 29.7. The minimum absolute atomic E-state index is 0.101. The van der Waals surface area contributed by atoms with Crippen molar-refractivity contribution in [3.8, 4) is 5.75 Å². The molecule has 0 radical (unpaired) electrons. The summed E-state index contributed by atoms with van der Waals surface area (Å²) in [6.07, 6.45) is 0.243. The van der Waals surface area contributed by atoms with Crippen LogP contribution in [-0.2, 0) is 16.0 Å². The van der Waals surface area contributed by atoms with Crippen LogP contribution in [0.25, 0.3) is 0 Å². The SMILES string of the molecule is CCc1ccccc1N(C)C(=O)OCOc1ccccc1/N=N/c1ccc(NC(=O)CNC)nc1N. The smallest absolute Gasteiger partial charge is 0.416 e. The van der Waals surface area contributed by atoms with Crippen molar-refractivity contribution in [1.82, 2.24) is 10.3 Å². The first kappa shape index (κ1) is 26.1. The number of nitrogen functional groups attached to an aromatic ring is 1. The first-order valence-corrected chi connectivity index (χ1v) is 11.3. The number of hydrogen-bond acceptors (Lipinski definition) is 9. The number of anilines is 3. The average molecular weight is 492 g/mol. The topological polar surface area (TPSA) is 144 Å². The van der Waals surface area contributed by atoms with Crippen LogP contribution in [0.4, 0.5) is 33.5 Å². The summed E-state index contributed by atoms with van der Waals surface area (Å²) < 4.78 is 10.9. The predicted molar refractivity (Wildman–Crippen MR) is 138 cm³/mol. The molecule has 0 fully saturated rings. The van der Waals surface area contributed by atoms with Gasteiger partial charge in [-0.25, -0.2) is 9.78 Å². The zero-order chi connectivity index (χ0) is 25.9. The van der Waals surface area contributed by atoms with Gasteiger partial charge >= 0.3 is 6.09 Å². The lowest BCUT2D eigenvalue weighted by molar-refractivity contribution is -0.115. The molecule has 0 aliphatic carbocycles. The summed E-state index contributed by atoms with van der Waals surface area (Å²) in [6.45, 7) is 1.86. The zero-order valence-corrected chi connectivity index (χ0v) is 20.4. The highest BCUT2D eigenvalue weighted by atomic mass is 16.7. The maximum absolute atomic E-state index is 12.5. The lowest BCUT2D eigenvalue weighted by Crippen LogP contribution is -2.29. The van der Waals surface area contributed by atoms with E-state index in [0.29, 0.717) is 22.9 Å². The minimum Gasteiger partial charge on any atom is -0.455 e. The van der Waals surface area contributed by atoms with Gasteiger partial charge in [-0.1, -0.05) is 37.3 Å². The number of hydrogen-bond donors (Lipinski definition) is 3. The van der Waals surface area contributed by atoms with Gasteiger partial charge in [0.05, 0.1) is 6.54 Å². The first-order valence-electron chi connectivity index (χ1n) is 11.3. The summed E-state index contributed by atoms with van der Waals surface area (Å²) in [7, 11) is 3.32. The summed E-state index contributed by atoms with van der Waals surface area (Å²) in [6, 6.07) is 17.7. The number of carbonyl (C=O) groups excluding carboxylic acids is 2. The molecule has 0 saturated heterocycles. The molecule has 188 valence electrons. The van der Waals surface area contributed by atoms with Crippen LogP contribution < -0.4 is 26.0 Å². The Labute approximate surface area is 209 Å². The lowest BCUT2D eigenvalue weighted by Gasteiger charge is -2.20. The van der Waals surface area contributed by atoms with E-state index in [4.69, 9.17) is 15.2 Å². The number of carbonyl (C=O) groups is 2. The van der Waals surface area contributed by atoms with Crippen LogP contribution in [0.1, 0.15) is 12.5 Å². The van der Waals surface area contributed by atoms with Gasteiger partial charge in [0.2, 0.25) is 12.7 Å². The molecule has 1 aromatic heterocycles. The van der Waals surface area contributed by atoms with Crippen LogP contribution in [0.2, 0.25) is 0 Å². The van der Waals surface area contributed by atoms with E-state index in [2.05, 4.69) is 25.8 Å². The molecule has 0 unspecified atom stereocenters. The Bertz CT molecular complexity index is 1230. The second kappa shape index (κ2) is 12.8. The van der Waals surface area contributed by atoms with E-state index in [9.17, 15) is 9.59 Å². The highest BCUT2D eigenvalue weighted by Crippen LogP contribution is 2.30. The van der Waals surface area contributed by atoms with Crippen molar-refractivity contribution in [3.05, 3.63) is 66.2 Å². The number of azo groups is 1. The van der Waals surface area contributed by atoms with Gasteiger partial charge in [0.1, 0.15) is 17.2 Å². The van der Waals surface area contributed by atoms with E-state index in [0.717, 1.165) is 17.7 Å². The Morgan fingerprint density at radius 3 is 2.50 bits per heavy atom. The number of benzene rings is 2. The van der Waals surface area contributed by atoms with Crippen LogP contribution in [0, 0.1) is 0 Å².